The lowest BCUT2D eigenvalue weighted by Gasteiger charge is -2.30. The highest BCUT2D eigenvalue weighted by molar-refractivity contribution is 7.88. The minimum Gasteiger partial charge on any atom is -0.353 e. The molecule has 126 valence electrons. The van der Waals surface area contributed by atoms with E-state index in [0.717, 1.165) is 0 Å². The number of hydrogen-bond donors (Lipinski definition) is 1. The van der Waals surface area contributed by atoms with Gasteiger partial charge in [-0.2, -0.15) is 0 Å². The van der Waals surface area contributed by atoms with Gasteiger partial charge in [-0.3, -0.25) is 4.79 Å². The first-order valence-corrected chi connectivity index (χ1v) is 9.79. The SMILES string of the molecule is CC(C)=C[C@@H]1[C@H](C(=O)NC2CCN(S(C)(=O)=O)CC2)C1(C)C. The third-order valence-electron chi connectivity index (χ3n) is 4.98. The van der Waals surface area contributed by atoms with E-state index in [1.54, 1.807) is 0 Å². The molecule has 2 aliphatic rings. The van der Waals surface area contributed by atoms with Gasteiger partial charge in [0.15, 0.2) is 0 Å². The van der Waals surface area contributed by atoms with Crippen molar-refractivity contribution in [2.24, 2.45) is 17.3 Å². The molecule has 1 saturated heterocycles. The van der Waals surface area contributed by atoms with Crippen molar-refractivity contribution in [1.29, 1.82) is 0 Å². The minimum atomic E-state index is -3.11. The molecule has 0 bridgehead atoms. The van der Waals surface area contributed by atoms with Gasteiger partial charge in [0.1, 0.15) is 0 Å². The van der Waals surface area contributed by atoms with Crippen LogP contribution < -0.4 is 5.32 Å². The Kier molecular flexibility index (Phi) is 4.74. The quantitative estimate of drug-likeness (QED) is 0.800. The maximum absolute atomic E-state index is 12.5. The predicted octanol–water partition coefficient (Wildman–Crippen LogP) is 1.76. The van der Waals surface area contributed by atoms with Gasteiger partial charge in [0.2, 0.25) is 15.9 Å². The zero-order valence-electron chi connectivity index (χ0n) is 14.2. The summed E-state index contributed by atoms with van der Waals surface area (Å²) < 4.78 is 24.5. The molecule has 22 heavy (non-hydrogen) atoms. The van der Waals surface area contributed by atoms with Crippen LogP contribution in [0.2, 0.25) is 0 Å². The van der Waals surface area contributed by atoms with Gasteiger partial charge in [0, 0.05) is 19.1 Å². The highest BCUT2D eigenvalue weighted by atomic mass is 32.2. The molecule has 0 aromatic heterocycles. The summed E-state index contributed by atoms with van der Waals surface area (Å²) in [4.78, 5) is 12.5. The van der Waals surface area contributed by atoms with Gasteiger partial charge in [-0.05, 0) is 38.0 Å². The Balaban J connectivity index is 1.88. The van der Waals surface area contributed by atoms with Crippen LogP contribution in [0.25, 0.3) is 0 Å². The monoisotopic (exact) mass is 328 g/mol. The summed E-state index contributed by atoms with van der Waals surface area (Å²) in [5, 5.41) is 3.12. The summed E-state index contributed by atoms with van der Waals surface area (Å²) >= 11 is 0. The van der Waals surface area contributed by atoms with E-state index >= 15 is 0 Å². The fourth-order valence-electron chi connectivity index (χ4n) is 3.47. The Bertz CT molecular complexity index is 568. The Morgan fingerprint density at radius 1 is 1.23 bits per heavy atom. The standard InChI is InChI=1S/C16H28N2O3S/c1-11(2)10-13-14(16(13,3)4)15(19)17-12-6-8-18(9-7-12)22(5,20)21/h10,12-14H,6-9H2,1-5H3,(H,17,19)/t13-,14-/m1/s1. The summed E-state index contributed by atoms with van der Waals surface area (Å²) in [6, 6.07) is 0.0919. The first-order chi connectivity index (χ1) is 10.0. The predicted molar refractivity (Wildman–Crippen MR) is 87.8 cm³/mol. The summed E-state index contributed by atoms with van der Waals surface area (Å²) in [6.45, 7) is 9.38. The van der Waals surface area contributed by atoms with E-state index in [4.69, 9.17) is 0 Å². The van der Waals surface area contributed by atoms with E-state index < -0.39 is 10.0 Å². The van der Waals surface area contributed by atoms with Crippen LogP contribution >= 0.6 is 0 Å². The van der Waals surface area contributed by atoms with Gasteiger partial charge in [-0.15, -0.1) is 0 Å². The number of nitrogens with one attached hydrogen (secondary N) is 1. The molecule has 1 amide bonds. The van der Waals surface area contributed by atoms with E-state index in [2.05, 4.69) is 39.1 Å². The van der Waals surface area contributed by atoms with Crippen molar-refractivity contribution in [1.82, 2.24) is 9.62 Å². The van der Waals surface area contributed by atoms with Gasteiger partial charge < -0.3 is 5.32 Å². The number of sulfonamides is 1. The average molecular weight is 328 g/mol. The Labute approximate surface area is 134 Å². The van der Waals surface area contributed by atoms with Crippen molar-refractivity contribution >= 4 is 15.9 Å². The number of hydrogen-bond acceptors (Lipinski definition) is 3. The highest BCUT2D eigenvalue weighted by Crippen LogP contribution is 2.59. The molecule has 1 heterocycles. The maximum Gasteiger partial charge on any atom is 0.224 e. The molecule has 0 spiro atoms. The number of amides is 1. The summed E-state index contributed by atoms with van der Waals surface area (Å²) in [7, 11) is -3.11. The molecular formula is C16H28N2O3S. The van der Waals surface area contributed by atoms with Gasteiger partial charge >= 0.3 is 0 Å². The van der Waals surface area contributed by atoms with Crippen molar-refractivity contribution in [3.63, 3.8) is 0 Å². The zero-order valence-corrected chi connectivity index (χ0v) is 15.0. The molecule has 0 aromatic rings. The first kappa shape index (κ1) is 17.5. The molecule has 6 heteroatoms. The van der Waals surface area contributed by atoms with Crippen molar-refractivity contribution in [2.45, 2.75) is 46.6 Å². The highest BCUT2D eigenvalue weighted by Gasteiger charge is 2.60. The van der Waals surface area contributed by atoms with Gasteiger partial charge in [-0.25, -0.2) is 12.7 Å². The molecule has 0 aromatic carbocycles. The van der Waals surface area contributed by atoms with E-state index in [9.17, 15) is 13.2 Å². The van der Waals surface area contributed by atoms with Gasteiger partial charge in [0.25, 0.3) is 0 Å². The molecule has 5 nitrogen and oxygen atoms in total. The fraction of sp³-hybridized carbons (Fsp3) is 0.812. The van der Waals surface area contributed by atoms with E-state index in [1.165, 1.54) is 16.1 Å². The number of carbonyl (C=O) groups is 1. The molecule has 0 unspecified atom stereocenters. The van der Waals surface area contributed by atoms with Crippen molar-refractivity contribution in [3.05, 3.63) is 11.6 Å². The molecule has 0 radical (unpaired) electrons. The van der Waals surface area contributed by atoms with Crippen LogP contribution in [0.4, 0.5) is 0 Å². The molecule has 1 saturated carbocycles. The molecule has 2 atom stereocenters. The van der Waals surface area contributed by atoms with Crippen molar-refractivity contribution in [3.8, 4) is 0 Å². The molecule has 2 rings (SSSR count). The Hall–Kier alpha value is -0.880. The first-order valence-electron chi connectivity index (χ1n) is 7.94. The van der Waals surface area contributed by atoms with E-state index in [1.807, 2.05) is 0 Å². The molecule has 1 aliphatic heterocycles. The molecule has 1 aliphatic carbocycles. The van der Waals surface area contributed by atoms with E-state index in [0.29, 0.717) is 31.8 Å². The average Bonchev–Trinajstić information content (AvgIpc) is 2.89. The van der Waals surface area contributed by atoms with Crippen LogP contribution in [0.15, 0.2) is 11.6 Å². The Morgan fingerprint density at radius 2 is 1.77 bits per heavy atom. The number of piperidine rings is 1. The topological polar surface area (TPSA) is 66.5 Å². The van der Waals surface area contributed by atoms with Crippen molar-refractivity contribution in [2.75, 3.05) is 19.3 Å². The second-order valence-electron chi connectivity index (χ2n) is 7.51. The van der Waals surface area contributed by atoms with Crippen LogP contribution in [0.3, 0.4) is 0 Å². The number of carbonyl (C=O) groups excluding carboxylic acids is 1. The lowest BCUT2D eigenvalue weighted by Crippen LogP contribution is -2.46. The second-order valence-corrected chi connectivity index (χ2v) is 9.50. The Morgan fingerprint density at radius 3 is 2.23 bits per heavy atom. The van der Waals surface area contributed by atoms with Crippen LogP contribution in [-0.4, -0.2) is 44.0 Å². The molecule has 2 fully saturated rings. The number of nitrogens with zero attached hydrogens (tertiary/aromatic N) is 1. The summed E-state index contributed by atoms with van der Waals surface area (Å²) in [5.41, 5.74) is 1.27. The second kappa shape index (κ2) is 5.96. The minimum absolute atomic E-state index is 0.0226. The summed E-state index contributed by atoms with van der Waals surface area (Å²) in [6.07, 6.45) is 4.82. The number of allylic oxidation sites excluding steroid dienone is 2. The smallest absolute Gasteiger partial charge is 0.224 e. The maximum atomic E-state index is 12.5. The molecule has 1 N–H and O–H groups in total. The normalized spacial score (nSPS) is 29.0. The summed E-state index contributed by atoms with van der Waals surface area (Å²) in [5.74, 6) is 0.467. The van der Waals surface area contributed by atoms with E-state index in [-0.39, 0.29) is 23.3 Å². The largest absolute Gasteiger partial charge is 0.353 e. The molecular weight excluding hydrogens is 300 g/mol. The number of rotatable bonds is 4. The lowest BCUT2D eigenvalue weighted by molar-refractivity contribution is -0.124. The van der Waals surface area contributed by atoms with Crippen LogP contribution in [0, 0.1) is 17.3 Å². The zero-order chi connectivity index (χ0) is 16.7. The lowest BCUT2D eigenvalue weighted by atomic mass is 10.1. The van der Waals surface area contributed by atoms with Crippen LogP contribution in [0.5, 0.6) is 0 Å². The van der Waals surface area contributed by atoms with Crippen molar-refractivity contribution < 1.29 is 13.2 Å². The fourth-order valence-corrected chi connectivity index (χ4v) is 4.35. The third-order valence-corrected chi connectivity index (χ3v) is 6.28. The van der Waals surface area contributed by atoms with Gasteiger partial charge in [0.05, 0.1) is 12.2 Å². The third kappa shape index (κ3) is 3.71. The van der Waals surface area contributed by atoms with Gasteiger partial charge in [-0.1, -0.05) is 25.5 Å². The van der Waals surface area contributed by atoms with Crippen LogP contribution in [-0.2, 0) is 14.8 Å². The van der Waals surface area contributed by atoms with Crippen LogP contribution in [0.1, 0.15) is 40.5 Å².